The zero-order chi connectivity index (χ0) is 15.2. The van der Waals surface area contributed by atoms with Crippen LogP contribution >= 0.6 is 0 Å². The summed E-state index contributed by atoms with van der Waals surface area (Å²) in [4.78, 5) is 0. The van der Waals surface area contributed by atoms with E-state index in [4.69, 9.17) is 4.74 Å². The molecule has 2 rings (SSSR count). The van der Waals surface area contributed by atoms with E-state index in [0.717, 1.165) is 29.8 Å². The van der Waals surface area contributed by atoms with Crippen LogP contribution in [0.1, 0.15) is 37.4 Å². The summed E-state index contributed by atoms with van der Waals surface area (Å²) in [7, 11) is 0. The fraction of sp³-hybridized carbons (Fsp3) is 0.333. The number of benzene rings is 2. The number of aryl methyl sites for hydroxylation is 1. The van der Waals surface area contributed by atoms with Crippen molar-refractivity contribution in [2.24, 2.45) is 0 Å². The highest BCUT2D eigenvalue weighted by Crippen LogP contribution is 2.30. The predicted octanol–water partition coefficient (Wildman–Crippen LogP) is 4.99. The van der Waals surface area contributed by atoms with Crippen molar-refractivity contribution in [1.29, 1.82) is 0 Å². The average molecular weight is 287 g/mol. The SMILES string of the molecule is CCCNC(C)c1cc(F)ccc1Oc1cccc(C)c1. The molecule has 0 saturated carbocycles. The molecule has 0 saturated heterocycles. The zero-order valence-corrected chi connectivity index (χ0v) is 12.8. The molecule has 0 aliphatic rings. The summed E-state index contributed by atoms with van der Waals surface area (Å²) in [6.45, 7) is 7.04. The van der Waals surface area contributed by atoms with Gasteiger partial charge in [-0.15, -0.1) is 0 Å². The van der Waals surface area contributed by atoms with Gasteiger partial charge in [-0.25, -0.2) is 4.39 Å². The molecule has 0 aliphatic heterocycles. The molecule has 0 aliphatic carbocycles. The maximum absolute atomic E-state index is 13.5. The molecule has 2 nitrogen and oxygen atoms in total. The highest BCUT2D eigenvalue weighted by atomic mass is 19.1. The van der Waals surface area contributed by atoms with Crippen molar-refractivity contribution in [2.45, 2.75) is 33.2 Å². The molecule has 2 aromatic rings. The van der Waals surface area contributed by atoms with Gasteiger partial charge in [-0.2, -0.15) is 0 Å². The van der Waals surface area contributed by atoms with Crippen LogP contribution in [-0.2, 0) is 0 Å². The average Bonchev–Trinajstić information content (AvgIpc) is 2.46. The summed E-state index contributed by atoms with van der Waals surface area (Å²) >= 11 is 0. The summed E-state index contributed by atoms with van der Waals surface area (Å²) in [6, 6.07) is 12.6. The standard InChI is InChI=1S/C18H22FNO/c1-4-10-20-14(3)17-12-15(19)8-9-18(17)21-16-7-5-6-13(2)11-16/h5-9,11-12,14,20H,4,10H2,1-3H3. The van der Waals surface area contributed by atoms with Crippen molar-refractivity contribution in [2.75, 3.05) is 6.54 Å². The lowest BCUT2D eigenvalue weighted by Gasteiger charge is -2.18. The summed E-state index contributed by atoms with van der Waals surface area (Å²) in [5.41, 5.74) is 1.97. The van der Waals surface area contributed by atoms with E-state index in [9.17, 15) is 4.39 Å². The van der Waals surface area contributed by atoms with E-state index in [-0.39, 0.29) is 11.9 Å². The van der Waals surface area contributed by atoms with Crippen LogP contribution in [0.5, 0.6) is 11.5 Å². The summed E-state index contributed by atoms with van der Waals surface area (Å²) < 4.78 is 19.5. The largest absolute Gasteiger partial charge is 0.457 e. The molecule has 1 N–H and O–H groups in total. The van der Waals surface area contributed by atoms with E-state index >= 15 is 0 Å². The van der Waals surface area contributed by atoms with Crippen molar-refractivity contribution >= 4 is 0 Å². The Bertz CT molecular complexity index is 598. The first-order valence-electron chi connectivity index (χ1n) is 7.37. The monoisotopic (exact) mass is 287 g/mol. The topological polar surface area (TPSA) is 21.3 Å². The number of hydrogen-bond donors (Lipinski definition) is 1. The molecule has 0 heterocycles. The van der Waals surface area contributed by atoms with Gasteiger partial charge in [0.15, 0.2) is 0 Å². The molecule has 0 bridgehead atoms. The van der Waals surface area contributed by atoms with E-state index in [2.05, 4.69) is 12.2 Å². The second-order valence-electron chi connectivity index (χ2n) is 5.28. The third-order valence-corrected chi connectivity index (χ3v) is 3.36. The van der Waals surface area contributed by atoms with Crippen LogP contribution in [0, 0.1) is 12.7 Å². The number of halogens is 1. The highest BCUT2D eigenvalue weighted by Gasteiger charge is 2.13. The molecule has 0 radical (unpaired) electrons. The molecule has 21 heavy (non-hydrogen) atoms. The number of nitrogens with one attached hydrogen (secondary N) is 1. The number of ether oxygens (including phenoxy) is 1. The van der Waals surface area contributed by atoms with Gasteiger partial charge in [-0.05, 0) is 62.7 Å². The van der Waals surface area contributed by atoms with Crippen LogP contribution in [0.25, 0.3) is 0 Å². The van der Waals surface area contributed by atoms with Crippen LogP contribution in [0.4, 0.5) is 4.39 Å². The van der Waals surface area contributed by atoms with Gasteiger partial charge < -0.3 is 10.1 Å². The number of hydrogen-bond acceptors (Lipinski definition) is 2. The van der Waals surface area contributed by atoms with Crippen molar-refractivity contribution in [3.05, 3.63) is 59.4 Å². The fourth-order valence-corrected chi connectivity index (χ4v) is 2.23. The third kappa shape index (κ3) is 4.30. The second kappa shape index (κ2) is 7.23. The molecular formula is C18H22FNO. The van der Waals surface area contributed by atoms with Crippen LogP contribution < -0.4 is 10.1 Å². The lowest BCUT2D eigenvalue weighted by atomic mass is 10.1. The first-order chi connectivity index (χ1) is 10.1. The van der Waals surface area contributed by atoms with Crippen molar-refractivity contribution in [3.8, 4) is 11.5 Å². The Morgan fingerprint density at radius 3 is 2.71 bits per heavy atom. The molecular weight excluding hydrogens is 265 g/mol. The van der Waals surface area contributed by atoms with Crippen molar-refractivity contribution < 1.29 is 9.13 Å². The maximum atomic E-state index is 13.5. The fourth-order valence-electron chi connectivity index (χ4n) is 2.23. The van der Waals surface area contributed by atoms with E-state index in [0.29, 0.717) is 5.75 Å². The molecule has 3 heteroatoms. The van der Waals surface area contributed by atoms with Gasteiger partial charge in [0.2, 0.25) is 0 Å². The van der Waals surface area contributed by atoms with E-state index in [1.54, 1.807) is 12.1 Å². The first-order valence-corrected chi connectivity index (χ1v) is 7.37. The summed E-state index contributed by atoms with van der Waals surface area (Å²) in [5.74, 6) is 1.22. The van der Waals surface area contributed by atoms with Gasteiger partial charge in [-0.3, -0.25) is 0 Å². The number of rotatable bonds is 6. The lowest BCUT2D eigenvalue weighted by molar-refractivity contribution is 0.457. The van der Waals surface area contributed by atoms with Gasteiger partial charge in [0, 0.05) is 11.6 Å². The molecule has 0 aromatic heterocycles. The van der Waals surface area contributed by atoms with E-state index < -0.39 is 0 Å². The smallest absolute Gasteiger partial charge is 0.132 e. The molecule has 1 atom stereocenters. The van der Waals surface area contributed by atoms with Gasteiger partial charge in [0.05, 0.1) is 0 Å². The molecule has 0 fully saturated rings. The molecule has 0 amide bonds. The van der Waals surface area contributed by atoms with Crippen LogP contribution in [0.2, 0.25) is 0 Å². The quantitative estimate of drug-likeness (QED) is 0.808. The van der Waals surface area contributed by atoms with Crippen molar-refractivity contribution in [3.63, 3.8) is 0 Å². The van der Waals surface area contributed by atoms with E-state index in [1.807, 2.05) is 38.1 Å². The Labute approximate surface area is 126 Å². The van der Waals surface area contributed by atoms with Crippen LogP contribution in [0.3, 0.4) is 0 Å². The minimum Gasteiger partial charge on any atom is -0.457 e. The Kier molecular flexibility index (Phi) is 5.34. The minimum atomic E-state index is -0.244. The molecule has 0 spiro atoms. The second-order valence-corrected chi connectivity index (χ2v) is 5.28. The predicted molar refractivity (Wildman–Crippen MR) is 84.4 cm³/mol. The lowest BCUT2D eigenvalue weighted by Crippen LogP contribution is -2.19. The Balaban J connectivity index is 2.26. The first kappa shape index (κ1) is 15.5. The Morgan fingerprint density at radius 2 is 2.00 bits per heavy atom. The molecule has 2 aromatic carbocycles. The summed E-state index contributed by atoms with van der Waals surface area (Å²) in [6.07, 6.45) is 1.04. The maximum Gasteiger partial charge on any atom is 0.132 e. The Hall–Kier alpha value is -1.87. The van der Waals surface area contributed by atoms with Crippen molar-refractivity contribution in [1.82, 2.24) is 5.32 Å². The molecule has 1 unspecified atom stereocenters. The highest BCUT2D eigenvalue weighted by molar-refractivity contribution is 5.40. The van der Waals surface area contributed by atoms with Gasteiger partial charge >= 0.3 is 0 Å². The summed E-state index contributed by atoms with van der Waals surface area (Å²) in [5, 5.41) is 3.37. The third-order valence-electron chi connectivity index (χ3n) is 3.36. The zero-order valence-electron chi connectivity index (χ0n) is 12.8. The van der Waals surface area contributed by atoms with Gasteiger partial charge in [0.25, 0.3) is 0 Å². The van der Waals surface area contributed by atoms with E-state index in [1.165, 1.54) is 6.07 Å². The van der Waals surface area contributed by atoms with Gasteiger partial charge in [-0.1, -0.05) is 19.1 Å². The van der Waals surface area contributed by atoms with Crippen LogP contribution in [0.15, 0.2) is 42.5 Å². The normalized spacial score (nSPS) is 12.2. The Morgan fingerprint density at radius 1 is 1.19 bits per heavy atom. The van der Waals surface area contributed by atoms with Gasteiger partial charge in [0.1, 0.15) is 17.3 Å². The van der Waals surface area contributed by atoms with Crippen LogP contribution in [-0.4, -0.2) is 6.54 Å². The molecule has 112 valence electrons. The minimum absolute atomic E-state index is 0.0421.